The molecule has 0 saturated carbocycles. The number of halogens is 2. The molecule has 5 heteroatoms. The molecule has 3 nitrogen and oxygen atoms in total. The molecule has 0 amide bonds. The van der Waals surface area contributed by atoms with E-state index in [0.717, 1.165) is 25.8 Å². The Morgan fingerprint density at radius 2 is 2.24 bits per heavy atom. The molecular formula is C12H12F2N2O. The maximum absolute atomic E-state index is 14.2. The predicted molar refractivity (Wildman–Crippen MR) is 58.5 cm³/mol. The van der Waals surface area contributed by atoms with Gasteiger partial charge in [-0.1, -0.05) is 11.6 Å². The molecule has 0 spiro atoms. The van der Waals surface area contributed by atoms with Crippen molar-refractivity contribution in [3.05, 3.63) is 29.5 Å². The molecular weight excluding hydrogens is 226 g/mol. The van der Waals surface area contributed by atoms with E-state index in [1.807, 2.05) is 0 Å². The van der Waals surface area contributed by atoms with Crippen LogP contribution in [0.25, 0.3) is 11.0 Å². The molecule has 0 bridgehead atoms. The Morgan fingerprint density at radius 1 is 1.35 bits per heavy atom. The highest BCUT2D eigenvalue weighted by atomic mass is 19.1. The molecule has 90 valence electrons. The monoisotopic (exact) mass is 238 g/mol. The minimum atomic E-state index is -0.564. The van der Waals surface area contributed by atoms with Crippen molar-refractivity contribution in [2.75, 3.05) is 6.54 Å². The Kier molecular flexibility index (Phi) is 2.55. The van der Waals surface area contributed by atoms with Gasteiger partial charge in [-0.3, -0.25) is 0 Å². The third-order valence-electron chi connectivity index (χ3n) is 3.25. The summed E-state index contributed by atoms with van der Waals surface area (Å²) in [6.45, 7) is 0.797. The van der Waals surface area contributed by atoms with E-state index in [2.05, 4.69) is 10.5 Å². The summed E-state index contributed by atoms with van der Waals surface area (Å²) in [6.07, 6.45) is 4.08. The van der Waals surface area contributed by atoms with E-state index in [1.54, 1.807) is 0 Å². The third kappa shape index (κ3) is 1.70. The average molecular weight is 238 g/mol. The summed E-state index contributed by atoms with van der Waals surface area (Å²) in [5, 5.41) is 6.87. The molecule has 1 aromatic heterocycles. The number of aromatic nitrogens is 1. The molecule has 3 rings (SSSR count). The van der Waals surface area contributed by atoms with Crippen molar-refractivity contribution in [1.82, 2.24) is 10.5 Å². The van der Waals surface area contributed by atoms with E-state index in [0.29, 0.717) is 0 Å². The molecule has 1 fully saturated rings. The van der Waals surface area contributed by atoms with Crippen molar-refractivity contribution in [3.8, 4) is 0 Å². The largest absolute Gasteiger partial charge is 0.356 e. The molecule has 1 unspecified atom stereocenters. The molecule has 1 aliphatic rings. The van der Waals surface area contributed by atoms with Crippen LogP contribution in [0.3, 0.4) is 0 Å². The Labute approximate surface area is 96.8 Å². The minimum Gasteiger partial charge on any atom is -0.356 e. The summed E-state index contributed by atoms with van der Waals surface area (Å²) >= 11 is 0. The van der Waals surface area contributed by atoms with Gasteiger partial charge >= 0.3 is 0 Å². The fourth-order valence-electron chi connectivity index (χ4n) is 2.38. The number of rotatable bonds is 1. The van der Waals surface area contributed by atoms with E-state index in [4.69, 9.17) is 4.52 Å². The van der Waals surface area contributed by atoms with Gasteiger partial charge in [0.05, 0.1) is 11.6 Å². The van der Waals surface area contributed by atoms with Crippen LogP contribution >= 0.6 is 0 Å². The van der Waals surface area contributed by atoms with Crippen LogP contribution in [-0.4, -0.2) is 11.7 Å². The van der Waals surface area contributed by atoms with E-state index in [1.165, 1.54) is 12.3 Å². The fourth-order valence-corrected chi connectivity index (χ4v) is 2.38. The smallest absolute Gasteiger partial charge is 0.172 e. The van der Waals surface area contributed by atoms with Gasteiger partial charge in [-0.25, -0.2) is 8.78 Å². The van der Waals surface area contributed by atoms with Crippen LogP contribution in [0, 0.1) is 11.6 Å². The summed E-state index contributed by atoms with van der Waals surface area (Å²) in [6, 6.07) is 0.958. The summed E-state index contributed by atoms with van der Waals surface area (Å²) < 4.78 is 32.8. The van der Waals surface area contributed by atoms with Crippen molar-refractivity contribution >= 4 is 11.0 Å². The van der Waals surface area contributed by atoms with Crippen LogP contribution in [0.1, 0.15) is 30.9 Å². The van der Waals surface area contributed by atoms with Crippen molar-refractivity contribution in [2.24, 2.45) is 0 Å². The van der Waals surface area contributed by atoms with Crippen LogP contribution in [0.15, 0.2) is 16.8 Å². The zero-order valence-electron chi connectivity index (χ0n) is 9.17. The maximum Gasteiger partial charge on any atom is 0.172 e. The molecule has 17 heavy (non-hydrogen) atoms. The lowest BCUT2D eigenvalue weighted by Crippen LogP contribution is -2.28. The minimum absolute atomic E-state index is 0.111. The Morgan fingerprint density at radius 3 is 3.00 bits per heavy atom. The molecule has 1 aliphatic heterocycles. The second-order valence-corrected chi connectivity index (χ2v) is 4.33. The Bertz CT molecular complexity index is 547. The van der Waals surface area contributed by atoms with E-state index in [9.17, 15) is 8.78 Å². The summed E-state index contributed by atoms with van der Waals surface area (Å²) in [7, 11) is 0. The van der Waals surface area contributed by atoms with Gasteiger partial charge in [-0.05, 0) is 19.4 Å². The first-order valence-electron chi connectivity index (χ1n) is 5.73. The van der Waals surface area contributed by atoms with E-state index >= 15 is 0 Å². The second-order valence-electron chi connectivity index (χ2n) is 4.33. The first-order chi connectivity index (χ1) is 8.27. The third-order valence-corrected chi connectivity index (χ3v) is 3.25. The van der Waals surface area contributed by atoms with Crippen LogP contribution < -0.4 is 5.32 Å². The van der Waals surface area contributed by atoms with Crippen molar-refractivity contribution in [3.63, 3.8) is 0 Å². The predicted octanol–water partition coefficient (Wildman–Crippen LogP) is 2.92. The zero-order valence-corrected chi connectivity index (χ0v) is 9.17. The second kappa shape index (κ2) is 4.07. The van der Waals surface area contributed by atoms with Gasteiger partial charge in [0.2, 0.25) is 0 Å². The number of nitrogens with zero attached hydrogens (tertiary/aromatic N) is 1. The number of fused-ring (bicyclic) bond motifs is 1. The van der Waals surface area contributed by atoms with Crippen LogP contribution in [0.2, 0.25) is 0 Å². The highest BCUT2D eigenvalue weighted by molar-refractivity contribution is 5.77. The number of benzene rings is 1. The van der Waals surface area contributed by atoms with Gasteiger partial charge in [0.1, 0.15) is 11.6 Å². The number of piperidine rings is 1. The average Bonchev–Trinajstić information content (AvgIpc) is 2.78. The molecule has 1 aromatic carbocycles. The molecule has 1 atom stereocenters. The SMILES string of the molecule is Fc1cc2oncc2c(F)c1C1CCCCN1. The highest BCUT2D eigenvalue weighted by Crippen LogP contribution is 2.31. The Hall–Kier alpha value is -1.49. The van der Waals surface area contributed by atoms with Crippen LogP contribution in [0.5, 0.6) is 0 Å². The van der Waals surface area contributed by atoms with Gasteiger partial charge in [0.25, 0.3) is 0 Å². The van der Waals surface area contributed by atoms with Crippen LogP contribution in [0.4, 0.5) is 8.78 Å². The molecule has 2 aromatic rings. The lowest BCUT2D eigenvalue weighted by Gasteiger charge is -2.24. The van der Waals surface area contributed by atoms with Crippen molar-refractivity contribution in [2.45, 2.75) is 25.3 Å². The van der Waals surface area contributed by atoms with Crippen molar-refractivity contribution < 1.29 is 13.3 Å². The summed E-state index contributed by atoms with van der Waals surface area (Å²) in [5.41, 5.74) is 0.264. The van der Waals surface area contributed by atoms with E-state index in [-0.39, 0.29) is 22.6 Å². The van der Waals surface area contributed by atoms with Gasteiger partial charge < -0.3 is 9.84 Å². The lowest BCUT2D eigenvalue weighted by molar-refractivity contribution is 0.386. The molecule has 0 aliphatic carbocycles. The summed E-state index contributed by atoms with van der Waals surface area (Å²) in [5.74, 6) is -1.12. The first kappa shape index (κ1) is 10.7. The lowest BCUT2D eigenvalue weighted by atomic mass is 9.95. The number of hydrogen-bond acceptors (Lipinski definition) is 3. The quantitative estimate of drug-likeness (QED) is 0.830. The zero-order chi connectivity index (χ0) is 11.8. The van der Waals surface area contributed by atoms with Gasteiger partial charge in [0.15, 0.2) is 5.58 Å². The van der Waals surface area contributed by atoms with Gasteiger partial charge in [-0.2, -0.15) is 0 Å². The molecule has 0 radical (unpaired) electrons. The first-order valence-corrected chi connectivity index (χ1v) is 5.73. The molecule has 2 heterocycles. The molecule has 1 saturated heterocycles. The topological polar surface area (TPSA) is 38.1 Å². The Balaban J connectivity index is 2.13. The standard InChI is InChI=1S/C12H12F2N2O/c13-8-5-10-7(6-16-17-10)12(14)11(8)9-3-1-2-4-15-9/h5-6,9,15H,1-4H2. The van der Waals surface area contributed by atoms with Gasteiger partial charge in [-0.15, -0.1) is 0 Å². The molecule has 1 N–H and O–H groups in total. The highest BCUT2D eigenvalue weighted by Gasteiger charge is 2.24. The normalized spacial score (nSPS) is 20.9. The van der Waals surface area contributed by atoms with Gasteiger partial charge in [0, 0.05) is 17.7 Å². The number of nitrogens with one attached hydrogen (secondary N) is 1. The maximum atomic E-state index is 14.2. The fraction of sp³-hybridized carbons (Fsp3) is 0.417. The van der Waals surface area contributed by atoms with Crippen molar-refractivity contribution in [1.29, 1.82) is 0 Å². The number of hydrogen-bond donors (Lipinski definition) is 1. The van der Waals surface area contributed by atoms with Crippen LogP contribution in [-0.2, 0) is 0 Å². The summed E-state index contributed by atoms with van der Waals surface area (Å²) in [4.78, 5) is 0. The van der Waals surface area contributed by atoms with E-state index < -0.39 is 11.6 Å².